The Bertz CT molecular complexity index is 450. The number of allylic oxidation sites excluding steroid dienone is 1. The van der Waals surface area contributed by atoms with Crippen molar-refractivity contribution in [2.45, 2.75) is 25.7 Å². The summed E-state index contributed by atoms with van der Waals surface area (Å²) >= 11 is 0. The minimum absolute atomic E-state index is 0.104. The molecule has 1 heterocycles. The van der Waals surface area contributed by atoms with Crippen LogP contribution in [-0.2, 0) is 7.05 Å². The van der Waals surface area contributed by atoms with Crippen LogP contribution in [-0.4, -0.2) is 21.0 Å². The summed E-state index contributed by atoms with van der Waals surface area (Å²) in [5, 5.41) is 13.8. The normalized spacial score (nSPS) is 14.8. The molecule has 17 heavy (non-hydrogen) atoms. The molecule has 0 saturated heterocycles. The van der Waals surface area contributed by atoms with Crippen molar-refractivity contribution in [2.75, 3.05) is 11.9 Å². The molecule has 0 saturated carbocycles. The highest BCUT2D eigenvalue weighted by atomic mass is 16.6. The van der Waals surface area contributed by atoms with E-state index in [1.165, 1.54) is 24.7 Å². The Morgan fingerprint density at radius 3 is 3.12 bits per heavy atom. The van der Waals surface area contributed by atoms with Crippen LogP contribution < -0.4 is 5.32 Å². The van der Waals surface area contributed by atoms with Crippen LogP contribution in [0, 0.1) is 10.1 Å². The van der Waals surface area contributed by atoms with Gasteiger partial charge in [-0.15, -0.1) is 0 Å². The first-order chi connectivity index (χ1) is 8.18. The molecule has 0 radical (unpaired) electrons. The number of aromatic nitrogens is 2. The molecule has 6 heteroatoms. The van der Waals surface area contributed by atoms with E-state index in [2.05, 4.69) is 16.4 Å². The summed E-state index contributed by atoms with van der Waals surface area (Å²) in [6, 6.07) is 0. The molecule has 0 unspecified atom stereocenters. The number of nitrogens with zero attached hydrogens (tertiary/aromatic N) is 3. The molecule has 1 aromatic heterocycles. The smallest absolute Gasteiger partial charge is 0.364 e. The fourth-order valence-corrected chi connectivity index (χ4v) is 2.06. The van der Waals surface area contributed by atoms with Gasteiger partial charge >= 0.3 is 5.82 Å². The molecule has 0 spiro atoms. The zero-order valence-corrected chi connectivity index (χ0v) is 9.85. The van der Waals surface area contributed by atoms with Gasteiger partial charge in [-0.25, -0.2) is 0 Å². The van der Waals surface area contributed by atoms with Crippen molar-refractivity contribution in [3.05, 3.63) is 28.1 Å². The number of hydrogen-bond acceptors (Lipinski definition) is 4. The average molecular weight is 236 g/mol. The monoisotopic (exact) mass is 236 g/mol. The Kier molecular flexibility index (Phi) is 3.41. The first-order valence-electron chi connectivity index (χ1n) is 5.76. The maximum atomic E-state index is 10.7. The largest absolute Gasteiger partial charge is 0.406 e. The number of aryl methyl sites for hydroxylation is 1. The third-order valence-electron chi connectivity index (χ3n) is 2.96. The van der Waals surface area contributed by atoms with E-state index in [1.54, 1.807) is 11.6 Å². The molecule has 92 valence electrons. The zero-order chi connectivity index (χ0) is 12.3. The molecule has 1 aliphatic carbocycles. The molecule has 0 aliphatic heterocycles. The van der Waals surface area contributed by atoms with E-state index >= 15 is 0 Å². The molecule has 1 aromatic rings. The lowest BCUT2D eigenvalue weighted by atomic mass is 10.2. The number of anilines is 1. The summed E-state index contributed by atoms with van der Waals surface area (Å²) in [5.41, 5.74) is 1.45. The number of rotatable bonds is 5. The Balaban J connectivity index is 1.93. The lowest BCUT2D eigenvalue weighted by molar-refractivity contribution is -0.388. The molecule has 6 nitrogen and oxygen atoms in total. The van der Waals surface area contributed by atoms with Gasteiger partial charge in [-0.05, 0) is 35.6 Å². The van der Waals surface area contributed by atoms with E-state index in [0.717, 1.165) is 12.8 Å². The highest BCUT2D eigenvalue weighted by Gasteiger charge is 2.19. The molecule has 2 rings (SSSR count). The van der Waals surface area contributed by atoms with Crippen LogP contribution in [0.5, 0.6) is 0 Å². The predicted octanol–water partition coefficient (Wildman–Crippen LogP) is 2.24. The molecule has 0 bridgehead atoms. The topological polar surface area (TPSA) is 73.0 Å². The van der Waals surface area contributed by atoms with Crippen LogP contribution in [0.2, 0.25) is 0 Å². The molecule has 1 aliphatic rings. The lowest BCUT2D eigenvalue weighted by Gasteiger charge is -2.06. The van der Waals surface area contributed by atoms with E-state index in [1.807, 2.05) is 0 Å². The zero-order valence-electron chi connectivity index (χ0n) is 9.85. The minimum atomic E-state index is -0.461. The van der Waals surface area contributed by atoms with Gasteiger partial charge in [0, 0.05) is 13.6 Å². The van der Waals surface area contributed by atoms with Gasteiger partial charge in [0.15, 0.2) is 0 Å². The van der Waals surface area contributed by atoms with Crippen molar-refractivity contribution in [3.63, 3.8) is 0 Å². The highest BCUT2D eigenvalue weighted by molar-refractivity contribution is 5.51. The summed E-state index contributed by atoms with van der Waals surface area (Å²) in [6.45, 7) is 0.714. The van der Waals surface area contributed by atoms with Gasteiger partial charge < -0.3 is 15.4 Å². The van der Waals surface area contributed by atoms with Crippen LogP contribution in [0.1, 0.15) is 25.7 Å². The predicted molar refractivity (Wildman–Crippen MR) is 64.9 cm³/mol. The third-order valence-corrected chi connectivity index (χ3v) is 2.96. The van der Waals surface area contributed by atoms with E-state index < -0.39 is 4.92 Å². The van der Waals surface area contributed by atoms with Gasteiger partial charge in [-0.1, -0.05) is 11.6 Å². The second-order valence-corrected chi connectivity index (χ2v) is 4.22. The molecular formula is C11H16N4O2. The lowest BCUT2D eigenvalue weighted by Crippen LogP contribution is -2.07. The van der Waals surface area contributed by atoms with E-state index in [0.29, 0.717) is 12.4 Å². The van der Waals surface area contributed by atoms with E-state index in [4.69, 9.17) is 0 Å². The van der Waals surface area contributed by atoms with E-state index in [-0.39, 0.29) is 5.82 Å². The van der Waals surface area contributed by atoms with Gasteiger partial charge in [0.05, 0.1) is 0 Å². The number of nitro groups is 1. The van der Waals surface area contributed by atoms with Crippen LogP contribution in [0.25, 0.3) is 0 Å². The van der Waals surface area contributed by atoms with Crippen molar-refractivity contribution in [3.8, 4) is 0 Å². The van der Waals surface area contributed by atoms with Crippen LogP contribution in [0.15, 0.2) is 18.0 Å². The fourth-order valence-electron chi connectivity index (χ4n) is 2.06. The van der Waals surface area contributed by atoms with Crippen molar-refractivity contribution >= 4 is 11.6 Å². The van der Waals surface area contributed by atoms with Gasteiger partial charge in [0.2, 0.25) is 12.1 Å². The standard InChI is InChI=1S/C11H16N4O2/c1-14-8-13-11(15(16)17)10(14)12-7-6-9-4-2-3-5-9/h4,8,12H,2-3,5-7H2,1H3. The van der Waals surface area contributed by atoms with Crippen molar-refractivity contribution in [2.24, 2.45) is 7.05 Å². The SMILES string of the molecule is Cn1cnc([N+](=O)[O-])c1NCCC1=CCCC1. The third kappa shape index (κ3) is 2.64. The molecular weight excluding hydrogens is 220 g/mol. The molecule has 1 N–H and O–H groups in total. The quantitative estimate of drug-likeness (QED) is 0.483. The number of imidazole rings is 1. The maximum absolute atomic E-state index is 10.7. The van der Waals surface area contributed by atoms with Gasteiger partial charge in [-0.3, -0.25) is 4.57 Å². The number of nitrogens with one attached hydrogen (secondary N) is 1. The summed E-state index contributed by atoms with van der Waals surface area (Å²) in [4.78, 5) is 14.0. The van der Waals surface area contributed by atoms with Crippen LogP contribution in [0.3, 0.4) is 0 Å². The summed E-state index contributed by atoms with van der Waals surface area (Å²) < 4.78 is 1.64. The second-order valence-electron chi connectivity index (χ2n) is 4.22. The minimum Gasteiger partial charge on any atom is -0.364 e. The Labute approximate surface area is 99.5 Å². The first-order valence-corrected chi connectivity index (χ1v) is 5.76. The van der Waals surface area contributed by atoms with Crippen LogP contribution in [0.4, 0.5) is 11.6 Å². The summed E-state index contributed by atoms with van der Waals surface area (Å²) in [6.07, 6.45) is 8.23. The number of hydrogen-bond donors (Lipinski definition) is 1. The molecule has 0 aromatic carbocycles. The van der Waals surface area contributed by atoms with E-state index in [9.17, 15) is 10.1 Å². The molecule has 0 amide bonds. The average Bonchev–Trinajstić information content (AvgIpc) is 2.89. The van der Waals surface area contributed by atoms with Gasteiger partial charge in [-0.2, -0.15) is 0 Å². The van der Waals surface area contributed by atoms with Crippen molar-refractivity contribution in [1.29, 1.82) is 0 Å². The Morgan fingerprint density at radius 2 is 2.47 bits per heavy atom. The first kappa shape index (κ1) is 11.6. The summed E-state index contributed by atoms with van der Waals surface area (Å²) in [7, 11) is 1.75. The van der Waals surface area contributed by atoms with Crippen LogP contribution >= 0.6 is 0 Å². The molecule has 0 atom stereocenters. The fraction of sp³-hybridized carbons (Fsp3) is 0.545. The van der Waals surface area contributed by atoms with Crippen molar-refractivity contribution in [1.82, 2.24) is 9.55 Å². The molecule has 0 fully saturated rings. The maximum Gasteiger partial charge on any atom is 0.406 e. The van der Waals surface area contributed by atoms with Crippen molar-refractivity contribution < 1.29 is 4.92 Å². The van der Waals surface area contributed by atoms with Gasteiger partial charge in [0.1, 0.15) is 0 Å². The Hall–Kier alpha value is -1.85. The second kappa shape index (κ2) is 4.99. The summed E-state index contributed by atoms with van der Waals surface area (Å²) in [5.74, 6) is 0.376. The highest BCUT2D eigenvalue weighted by Crippen LogP contribution is 2.23. The van der Waals surface area contributed by atoms with Gasteiger partial charge in [0.25, 0.3) is 0 Å². The Morgan fingerprint density at radius 1 is 1.65 bits per heavy atom.